The maximum atomic E-state index is 13.2. The summed E-state index contributed by atoms with van der Waals surface area (Å²) in [7, 11) is 0. The van der Waals surface area contributed by atoms with Crippen LogP contribution in [0, 0.1) is 24.6 Å². The van der Waals surface area contributed by atoms with Gasteiger partial charge in [-0.05, 0) is 68.0 Å². The predicted molar refractivity (Wildman–Crippen MR) is 83.4 cm³/mol. The summed E-state index contributed by atoms with van der Waals surface area (Å²) in [5, 5.41) is 3.59. The van der Waals surface area contributed by atoms with Gasteiger partial charge in [0.25, 0.3) is 0 Å². The second kappa shape index (κ2) is 7.78. The van der Waals surface area contributed by atoms with E-state index in [4.69, 9.17) is 0 Å². The number of halogens is 1. The molecule has 1 aromatic rings. The molecule has 1 fully saturated rings. The molecule has 0 amide bonds. The summed E-state index contributed by atoms with van der Waals surface area (Å²) in [6.07, 6.45) is 7.80. The summed E-state index contributed by atoms with van der Waals surface area (Å²) in [4.78, 5) is 0. The van der Waals surface area contributed by atoms with Gasteiger partial charge >= 0.3 is 0 Å². The molecule has 20 heavy (non-hydrogen) atoms. The number of aryl methyl sites for hydroxylation is 1. The van der Waals surface area contributed by atoms with Gasteiger partial charge in [-0.2, -0.15) is 0 Å². The first kappa shape index (κ1) is 15.5. The van der Waals surface area contributed by atoms with Gasteiger partial charge in [-0.25, -0.2) is 4.39 Å². The zero-order valence-electron chi connectivity index (χ0n) is 12.9. The van der Waals surface area contributed by atoms with E-state index in [0.29, 0.717) is 5.92 Å². The molecule has 1 aliphatic carbocycles. The van der Waals surface area contributed by atoms with E-state index in [1.807, 2.05) is 13.0 Å². The molecule has 1 atom stereocenters. The van der Waals surface area contributed by atoms with Gasteiger partial charge in [-0.1, -0.05) is 38.7 Å². The molecule has 112 valence electrons. The lowest BCUT2D eigenvalue weighted by Gasteiger charge is -2.25. The lowest BCUT2D eigenvalue weighted by molar-refractivity contribution is 0.321. The van der Waals surface area contributed by atoms with Crippen molar-refractivity contribution in [1.29, 1.82) is 0 Å². The third-order valence-electron chi connectivity index (χ3n) is 4.69. The molecule has 0 heterocycles. The van der Waals surface area contributed by atoms with Crippen LogP contribution < -0.4 is 5.32 Å². The standard InChI is InChI=1S/C18H28FN/c1-3-10-20-13-17(15-6-4-5-7-15)12-16-8-9-18(19)11-14(16)2/h8-9,11,15,17,20H,3-7,10,12-13H2,1-2H3. The number of hydrogen-bond donors (Lipinski definition) is 1. The van der Waals surface area contributed by atoms with E-state index >= 15 is 0 Å². The van der Waals surface area contributed by atoms with Crippen molar-refractivity contribution in [3.63, 3.8) is 0 Å². The average Bonchev–Trinajstić information content (AvgIpc) is 2.94. The molecule has 1 aliphatic rings. The molecular formula is C18H28FN. The Balaban J connectivity index is 2.01. The molecule has 2 rings (SSSR count). The van der Waals surface area contributed by atoms with E-state index in [1.165, 1.54) is 37.7 Å². The third kappa shape index (κ3) is 4.31. The average molecular weight is 277 g/mol. The Morgan fingerprint density at radius 1 is 1.30 bits per heavy atom. The van der Waals surface area contributed by atoms with Crippen LogP contribution in [0.5, 0.6) is 0 Å². The Labute approximate surface area is 123 Å². The van der Waals surface area contributed by atoms with E-state index in [2.05, 4.69) is 12.2 Å². The Morgan fingerprint density at radius 2 is 2.05 bits per heavy atom. The largest absolute Gasteiger partial charge is 0.316 e. The molecule has 1 nitrogen and oxygen atoms in total. The summed E-state index contributed by atoms with van der Waals surface area (Å²) < 4.78 is 13.2. The van der Waals surface area contributed by atoms with Crippen molar-refractivity contribution in [2.24, 2.45) is 11.8 Å². The molecular weight excluding hydrogens is 249 g/mol. The smallest absolute Gasteiger partial charge is 0.123 e. The SMILES string of the molecule is CCCNCC(Cc1ccc(F)cc1C)C1CCCC1. The van der Waals surface area contributed by atoms with Gasteiger partial charge in [-0.15, -0.1) is 0 Å². The first-order valence-corrected chi connectivity index (χ1v) is 8.16. The second-order valence-corrected chi connectivity index (χ2v) is 6.28. The number of hydrogen-bond acceptors (Lipinski definition) is 1. The summed E-state index contributed by atoms with van der Waals surface area (Å²) >= 11 is 0. The Morgan fingerprint density at radius 3 is 2.70 bits per heavy atom. The van der Waals surface area contributed by atoms with Crippen LogP contribution >= 0.6 is 0 Å². The van der Waals surface area contributed by atoms with Gasteiger partial charge in [0.2, 0.25) is 0 Å². The van der Waals surface area contributed by atoms with E-state index in [1.54, 1.807) is 12.1 Å². The number of nitrogens with one attached hydrogen (secondary N) is 1. The molecule has 0 bridgehead atoms. The van der Waals surface area contributed by atoms with E-state index in [9.17, 15) is 4.39 Å². The lowest BCUT2D eigenvalue weighted by atomic mass is 9.84. The van der Waals surface area contributed by atoms with Crippen molar-refractivity contribution in [2.45, 2.75) is 52.4 Å². The van der Waals surface area contributed by atoms with Crippen LogP contribution in [0.4, 0.5) is 4.39 Å². The molecule has 0 radical (unpaired) electrons. The van der Waals surface area contributed by atoms with E-state index < -0.39 is 0 Å². The first-order chi connectivity index (χ1) is 9.70. The minimum atomic E-state index is -0.118. The van der Waals surface area contributed by atoms with Crippen LogP contribution in [-0.4, -0.2) is 13.1 Å². The second-order valence-electron chi connectivity index (χ2n) is 6.28. The predicted octanol–water partition coefficient (Wildman–Crippen LogP) is 4.48. The van der Waals surface area contributed by atoms with Crippen molar-refractivity contribution in [2.75, 3.05) is 13.1 Å². The number of rotatable bonds is 7. The molecule has 0 aromatic heterocycles. The van der Waals surface area contributed by atoms with Crippen molar-refractivity contribution in [3.8, 4) is 0 Å². The minimum absolute atomic E-state index is 0.118. The fourth-order valence-electron chi connectivity index (χ4n) is 3.47. The van der Waals surface area contributed by atoms with Crippen LogP contribution in [0.1, 0.15) is 50.2 Å². The molecule has 2 heteroatoms. The highest BCUT2D eigenvalue weighted by Gasteiger charge is 2.25. The summed E-state index contributed by atoms with van der Waals surface area (Å²) in [6, 6.07) is 5.25. The van der Waals surface area contributed by atoms with Crippen LogP contribution in [0.15, 0.2) is 18.2 Å². The van der Waals surface area contributed by atoms with Gasteiger partial charge in [0.1, 0.15) is 5.82 Å². The molecule has 0 spiro atoms. The number of benzene rings is 1. The fraction of sp³-hybridized carbons (Fsp3) is 0.667. The van der Waals surface area contributed by atoms with Crippen molar-refractivity contribution < 1.29 is 4.39 Å². The van der Waals surface area contributed by atoms with Gasteiger partial charge in [0, 0.05) is 0 Å². The van der Waals surface area contributed by atoms with Crippen LogP contribution in [0.2, 0.25) is 0 Å². The van der Waals surface area contributed by atoms with Crippen molar-refractivity contribution >= 4 is 0 Å². The normalized spacial score (nSPS) is 17.6. The highest BCUT2D eigenvalue weighted by molar-refractivity contribution is 5.27. The van der Waals surface area contributed by atoms with Gasteiger partial charge in [0.05, 0.1) is 0 Å². The zero-order valence-corrected chi connectivity index (χ0v) is 12.9. The Bertz CT molecular complexity index is 410. The quantitative estimate of drug-likeness (QED) is 0.724. The maximum absolute atomic E-state index is 13.2. The monoisotopic (exact) mass is 277 g/mol. The molecule has 1 saturated carbocycles. The molecule has 0 aliphatic heterocycles. The summed E-state index contributed by atoms with van der Waals surface area (Å²) in [5.74, 6) is 1.43. The first-order valence-electron chi connectivity index (χ1n) is 8.16. The van der Waals surface area contributed by atoms with Crippen LogP contribution in [0.25, 0.3) is 0 Å². The Kier molecular flexibility index (Phi) is 6.03. The molecule has 0 saturated heterocycles. The Hall–Kier alpha value is -0.890. The highest BCUT2D eigenvalue weighted by atomic mass is 19.1. The van der Waals surface area contributed by atoms with Gasteiger partial charge in [0.15, 0.2) is 0 Å². The van der Waals surface area contributed by atoms with Crippen LogP contribution in [-0.2, 0) is 6.42 Å². The van der Waals surface area contributed by atoms with Gasteiger partial charge < -0.3 is 5.32 Å². The summed E-state index contributed by atoms with van der Waals surface area (Å²) in [5.41, 5.74) is 2.42. The molecule has 1 aromatic carbocycles. The molecule has 1 N–H and O–H groups in total. The zero-order chi connectivity index (χ0) is 14.4. The summed E-state index contributed by atoms with van der Waals surface area (Å²) in [6.45, 7) is 6.45. The third-order valence-corrected chi connectivity index (χ3v) is 4.69. The highest BCUT2D eigenvalue weighted by Crippen LogP contribution is 2.33. The maximum Gasteiger partial charge on any atom is 0.123 e. The topological polar surface area (TPSA) is 12.0 Å². The minimum Gasteiger partial charge on any atom is -0.316 e. The van der Waals surface area contributed by atoms with Gasteiger partial charge in [-0.3, -0.25) is 0 Å². The van der Waals surface area contributed by atoms with E-state index in [0.717, 1.165) is 31.0 Å². The lowest BCUT2D eigenvalue weighted by Crippen LogP contribution is -2.29. The molecule has 1 unspecified atom stereocenters. The van der Waals surface area contributed by atoms with E-state index in [-0.39, 0.29) is 5.82 Å². The fourth-order valence-corrected chi connectivity index (χ4v) is 3.47. The van der Waals surface area contributed by atoms with Crippen LogP contribution in [0.3, 0.4) is 0 Å². The van der Waals surface area contributed by atoms with Crippen molar-refractivity contribution in [3.05, 3.63) is 35.1 Å². The van der Waals surface area contributed by atoms with Crippen molar-refractivity contribution in [1.82, 2.24) is 5.32 Å².